The molecular formula is C15H23NO3. The number of carbonyl (C=O) groups excluding carboxylic acids is 1. The summed E-state index contributed by atoms with van der Waals surface area (Å²) in [4.78, 5) is 13.0. The van der Waals surface area contributed by atoms with Gasteiger partial charge in [-0.1, -0.05) is 13.8 Å². The monoisotopic (exact) mass is 265 g/mol. The summed E-state index contributed by atoms with van der Waals surface area (Å²) in [6.07, 6.45) is 1.77. The van der Waals surface area contributed by atoms with Crippen molar-refractivity contribution in [3.8, 4) is 11.5 Å². The molecular weight excluding hydrogens is 242 g/mol. The summed E-state index contributed by atoms with van der Waals surface area (Å²) in [7, 11) is 1.58. The lowest BCUT2D eigenvalue weighted by Crippen LogP contribution is -2.25. The Bertz CT molecular complexity index is 389. The molecule has 0 unspecified atom stereocenters. The van der Waals surface area contributed by atoms with E-state index in [1.165, 1.54) is 0 Å². The summed E-state index contributed by atoms with van der Waals surface area (Å²) < 4.78 is 10.9. The van der Waals surface area contributed by atoms with E-state index in [1.807, 2.05) is 0 Å². The summed E-state index contributed by atoms with van der Waals surface area (Å²) in [5.74, 6) is 1.29. The molecule has 106 valence electrons. The van der Waals surface area contributed by atoms with Crippen LogP contribution in [0.15, 0.2) is 18.2 Å². The molecule has 1 rings (SSSR count). The molecule has 0 aliphatic rings. The average Bonchev–Trinajstić information content (AvgIpc) is 2.47. The second-order valence-corrected chi connectivity index (χ2v) is 4.26. The fourth-order valence-electron chi connectivity index (χ4n) is 1.89. The standard InChI is InChI=1S/C15H23NO3/c1-4-16(5-2)9-6-10-19-14-8-7-13(12-17)11-15(14)18-3/h7-8,11-12H,4-6,9-10H2,1-3H3. The zero-order valence-electron chi connectivity index (χ0n) is 12.0. The van der Waals surface area contributed by atoms with Crippen molar-refractivity contribution in [1.82, 2.24) is 4.90 Å². The first-order chi connectivity index (χ1) is 9.24. The SMILES string of the molecule is CCN(CC)CCCOc1ccc(C=O)cc1OC. The van der Waals surface area contributed by atoms with Gasteiger partial charge in [0.2, 0.25) is 0 Å². The van der Waals surface area contributed by atoms with Gasteiger partial charge in [0, 0.05) is 12.1 Å². The molecule has 0 spiro atoms. The molecule has 0 heterocycles. The number of benzene rings is 1. The largest absolute Gasteiger partial charge is 0.493 e. The number of hydrogen-bond acceptors (Lipinski definition) is 4. The molecule has 0 aliphatic heterocycles. The van der Waals surface area contributed by atoms with E-state index in [2.05, 4.69) is 18.7 Å². The van der Waals surface area contributed by atoms with Crippen LogP contribution in [0.3, 0.4) is 0 Å². The van der Waals surface area contributed by atoms with Gasteiger partial charge in [-0.25, -0.2) is 0 Å². The van der Waals surface area contributed by atoms with E-state index >= 15 is 0 Å². The highest BCUT2D eigenvalue weighted by Crippen LogP contribution is 2.27. The van der Waals surface area contributed by atoms with Crippen molar-refractivity contribution >= 4 is 6.29 Å². The normalized spacial score (nSPS) is 10.5. The summed E-state index contributed by atoms with van der Waals surface area (Å²) in [6, 6.07) is 5.20. The summed E-state index contributed by atoms with van der Waals surface area (Å²) in [5, 5.41) is 0. The molecule has 0 aromatic heterocycles. The highest BCUT2D eigenvalue weighted by Gasteiger charge is 2.06. The van der Waals surface area contributed by atoms with Gasteiger partial charge in [-0.05, 0) is 37.7 Å². The fourth-order valence-corrected chi connectivity index (χ4v) is 1.89. The zero-order valence-corrected chi connectivity index (χ0v) is 12.0. The third-order valence-electron chi connectivity index (χ3n) is 3.09. The third-order valence-corrected chi connectivity index (χ3v) is 3.09. The first kappa shape index (κ1) is 15.5. The number of ether oxygens (including phenoxy) is 2. The van der Waals surface area contributed by atoms with Crippen molar-refractivity contribution in [2.75, 3.05) is 33.4 Å². The molecule has 0 bridgehead atoms. The zero-order chi connectivity index (χ0) is 14.1. The lowest BCUT2D eigenvalue weighted by molar-refractivity contribution is 0.112. The van der Waals surface area contributed by atoms with Crippen molar-refractivity contribution in [1.29, 1.82) is 0 Å². The van der Waals surface area contributed by atoms with E-state index in [-0.39, 0.29) is 0 Å². The van der Waals surface area contributed by atoms with Crippen molar-refractivity contribution in [3.05, 3.63) is 23.8 Å². The Morgan fingerprint density at radius 1 is 1.21 bits per heavy atom. The molecule has 0 aliphatic carbocycles. The van der Waals surface area contributed by atoms with Gasteiger partial charge in [-0.15, -0.1) is 0 Å². The predicted octanol–water partition coefficient (Wildman–Crippen LogP) is 2.62. The highest BCUT2D eigenvalue weighted by molar-refractivity contribution is 5.76. The maximum Gasteiger partial charge on any atom is 0.161 e. The van der Waals surface area contributed by atoms with Gasteiger partial charge in [0.05, 0.1) is 13.7 Å². The molecule has 4 heteroatoms. The van der Waals surface area contributed by atoms with Gasteiger partial charge in [-0.3, -0.25) is 4.79 Å². The van der Waals surface area contributed by atoms with Gasteiger partial charge in [0.1, 0.15) is 6.29 Å². The van der Waals surface area contributed by atoms with Crippen LogP contribution in [0.4, 0.5) is 0 Å². The summed E-state index contributed by atoms with van der Waals surface area (Å²) >= 11 is 0. The number of carbonyl (C=O) groups is 1. The molecule has 4 nitrogen and oxygen atoms in total. The lowest BCUT2D eigenvalue weighted by atomic mass is 10.2. The Morgan fingerprint density at radius 2 is 1.95 bits per heavy atom. The molecule has 0 saturated heterocycles. The van der Waals surface area contributed by atoms with Gasteiger partial charge < -0.3 is 14.4 Å². The molecule has 0 radical (unpaired) electrons. The smallest absolute Gasteiger partial charge is 0.161 e. The van der Waals surface area contributed by atoms with Crippen LogP contribution in [-0.4, -0.2) is 44.5 Å². The number of methoxy groups -OCH3 is 1. The maximum atomic E-state index is 10.7. The minimum atomic E-state index is 0.590. The number of rotatable bonds is 9. The summed E-state index contributed by atoms with van der Waals surface area (Å²) in [5.41, 5.74) is 0.590. The second kappa shape index (κ2) is 8.53. The lowest BCUT2D eigenvalue weighted by Gasteiger charge is -2.18. The number of aldehydes is 1. The van der Waals surface area contributed by atoms with E-state index in [9.17, 15) is 4.79 Å². The first-order valence-electron chi connectivity index (χ1n) is 6.73. The molecule has 19 heavy (non-hydrogen) atoms. The van der Waals surface area contributed by atoms with Crippen molar-refractivity contribution in [3.63, 3.8) is 0 Å². The van der Waals surface area contributed by atoms with E-state index < -0.39 is 0 Å². The maximum absolute atomic E-state index is 10.7. The average molecular weight is 265 g/mol. The third kappa shape index (κ3) is 4.91. The van der Waals surface area contributed by atoms with Gasteiger partial charge >= 0.3 is 0 Å². The summed E-state index contributed by atoms with van der Waals surface area (Å²) in [6.45, 7) is 8.12. The topological polar surface area (TPSA) is 38.8 Å². The quantitative estimate of drug-likeness (QED) is 0.508. The van der Waals surface area contributed by atoms with Crippen LogP contribution in [0.5, 0.6) is 11.5 Å². The van der Waals surface area contributed by atoms with Crippen LogP contribution in [0.25, 0.3) is 0 Å². The van der Waals surface area contributed by atoms with Gasteiger partial charge in [0.15, 0.2) is 11.5 Å². The van der Waals surface area contributed by atoms with E-state index in [4.69, 9.17) is 9.47 Å². The Hall–Kier alpha value is -1.55. The minimum absolute atomic E-state index is 0.590. The number of hydrogen-bond donors (Lipinski definition) is 0. The number of nitrogens with zero attached hydrogens (tertiary/aromatic N) is 1. The van der Waals surface area contributed by atoms with Gasteiger partial charge in [-0.2, -0.15) is 0 Å². The van der Waals surface area contributed by atoms with E-state index in [1.54, 1.807) is 25.3 Å². The first-order valence-corrected chi connectivity index (χ1v) is 6.73. The fraction of sp³-hybridized carbons (Fsp3) is 0.533. The molecule has 0 atom stereocenters. The highest BCUT2D eigenvalue weighted by atomic mass is 16.5. The van der Waals surface area contributed by atoms with Crippen LogP contribution in [-0.2, 0) is 0 Å². The van der Waals surface area contributed by atoms with Crippen LogP contribution >= 0.6 is 0 Å². The molecule has 1 aromatic rings. The van der Waals surface area contributed by atoms with E-state index in [0.29, 0.717) is 23.7 Å². The van der Waals surface area contributed by atoms with Crippen LogP contribution in [0, 0.1) is 0 Å². The predicted molar refractivity (Wildman–Crippen MR) is 76.3 cm³/mol. The minimum Gasteiger partial charge on any atom is -0.493 e. The molecule has 0 fully saturated rings. The molecule has 1 aromatic carbocycles. The van der Waals surface area contributed by atoms with Crippen LogP contribution < -0.4 is 9.47 Å². The Labute approximate surface area is 115 Å². The van der Waals surface area contributed by atoms with Crippen LogP contribution in [0.2, 0.25) is 0 Å². The Kier molecular flexibility index (Phi) is 6.97. The van der Waals surface area contributed by atoms with Gasteiger partial charge in [0.25, 0.3) is 0 Å². The second-order valence-electron chi connectivity index (χ2n) is 4.26. The Morgan fingerprint density at radius 3 is 2.53 bits per heavy atom. The Balaban J connectivity index is 2.46. The van der Waals surface area contributed by atoms with Crippen molar-refractivity contribution < 1.29 is 14.3 Å². The molecule has 0 saturated carbocycles. The van der Waals surface area contributed by atoms with Crippen molar-refractivity contribution in [2.24, 2.45) is 0 Å². The van der Waals surface area contributed by atoms with Crippen LogP contribution in [0.1, 0.15) is 30.6 Å². The van der Waals surface area contributed by atoms with E-state index in [0.717, 1.165) is 32.3 Å². The molecule has 0 N–H and O–H groups in total. The van der Waals surface area contributed by atoms with Crippen molar-refractivity contribution in [2.45, 2.75) is 20.3 Å². The molecule has 0 amide bonds.